The van der Waals surface area contributed by atoms with Crippen LogP contribution in [-0.2, 0) is 19.1 Å². The van der Waals surface area contributed by atoms with Crippen LogP contribution in [0.2, 0.25) is 0 Å². The highest BCUT2D eigenvalue weighted by molar-refractivity contribution is 6.15. The molecule has 7 nitrogen and oxygen atoms in total. The quantitative estimate of drug-likeness (QED) is 0.308. The highest BCUT2D eigenvalue weighted by Crippen LogP contribution is 2.25. The van der Waals surface area contributed by atoms with Gasteiger partial charge in [-0.15, -0.1) is 0 Å². The molecule has 0 radical (unpaired) electrons. The molecule has 0 spiro atoms. The van der Waals surface area contributed by atoms with Crippen LogP contribution in [0.1, 0.15) is 19.4 Å². The molecule has 0 bridgehead atoms. The Labute approximate surface area is 160 Å². The molecule has 0 saturated carbocycles. The number of carbonyl (C=O) groups excluding carboxylic acids is 2. The number of aryl methyl sites for hydroxylation is 1. The molecular formula is C21H18N2O5. The molecule has 3 aromatic rings. The smallest absolute Gasteiger partial charge is 0.350 e. The molecule has 2 N–H and O–H groups in total. The van der Waals surface area contributed by atoms with Gasteiger partial charge in [0.05, 0.1) is 11.2 Å². The molecule has 4 rings (SSSR count). The van der Waals surface area contributed by atoms with Crippen LogP contribution in [0.15, 0.2) is 53.0 Å². The molecule has 142 valence electrons. The number of ether oxygens (including phenoxy) is 2. The molecule has 2 aromatic carbocycles. The molecule has 0 aliphatic carbocycles. The fourth-order valence-corrected chi connectivity index (χ4v) is 3.16. The molecular weight excluding hydrogens is 360 g/mol. The van der Waals surface area contributed by atoms with Crippen molar-refractivity contribution in [3.63, 3.8) is 0 Å². The van der Waals surface area contributed by atoms with E-state index in [9.17, 15) is 14.4 Å². The van der Waals surface area contributed by atoms with Crippen molar-refractivity contribution < 1.29 is 19.1 Å². The Bertz CT molecular complexity index is 1210. The van der Waals surface area contributed by atoms with Crippen LogP contribution in [0.25, 0.3) is 21.8 Å². The van der Waals surface area contributed by atoms with Gasteiger partial charge in [-0.25, -0.2) is 9.59 Å². The number of pyridine rings is 1. The standard InChI is InChI=1S/C21H18N2O5/c1-11-7-8-15-13(9-11)18(24)12-5-4-6-16(17(12)23-15)22-10-14-19(25)27-21(2,3)28-20(14)26/h4-10,22H,1-3H3,(H,23,24). The number of rotatable bonds is 2. The summed E-state index contributed by atoms with van der Waals surface area (Å²) in [4.78, 5) is 40.3. The van der Waals surface area contributed by atoms with Crippen LogP contribution in [0.4, 0.5) is 5.69 Å². The summed E-state index contributed by atoms with van der Waals surface area (Å²) in [6.45, 7) is 4.89. The first kappa shape index (κ1) is 17.8. The highest BCUT2D eigenvalue weighted by Gasteiger charge is 2.38. The summed E-state index contributed by atoms with van der Waals surface area (Å²) in [6, 6.07) is 10.8. The summed E-state index contributed by atoms with van der Waals surface area (Å²) in [5.41, 5.74) is 2.45. The molecule has 2 heterocycles. The average molecular weight is 378 g/mol. The number of carbonyl (C=O) groups is 2. The second-order valence-electron chi connectivity index (χ2n) is 7.11. The predicted octanol–water partition coefficient (Wildman–Crippen LogP) is 3.12. The van der Waals surface area contributed by atoms with Crippen LogP contribution in [0.3, 0.4) is 0 Å². The molecule has 0 amide bonds. The Morgan fingerprint density at radius 1 is 1.00 bits per heavy atom. The summed E-state index contributed by atoms with van der Waals surface area (Å²) >= 11 is 0. The molecule has 0 atom stereocenters. The lowest BCUT2D eigenvalue weighted by molar-refractivity contribution is -0.222. The Balaban J connectivity index is 1.79. The van der Waals surface area contributed by atoms with Gasteiger partial charge in [0, 0.05) is 36.3 Å². The highest BCUT2D eigenvalue weighted by atomic mass is 16.7. The summed E-state index contributed by atoms with van der Waals surface area (Å²) in [5.74, 6) is -2.85. The van der Waals surface area contributed by atoms with E-state index >= 15 is 0 Å². The normalized spacial score (nSPS) is 16.0. The van der Waals surface area contributed by atoms with Gasteiger partial charge in [-0.3, -0.25) is 4.79 Å². The van der Waals surface area contributed by atoms with Crippen LogP contribution in [-0.4, -0.2) is 22.7 Å². The van der Waals surface area contributed by atoms with Gasteiger partial charge in [0.1, 0.15) is 0 Å². The number of anilines is 1. The third-order valence-electron chi connectivity index (χ3n) is 4.48. The number of hydrogen-bond acceptors (Lipinski definition) is 6. The number of para-hydroxylation sites is 1. The first-order chi connectivity index (χ1) is 13.2. The Morgan fingerprint density at radius 3 is 2.43 bits per heavy atom. The number of esters is 2. The number of nitrogens with one attached hydrogen (secondary N) is 2. The average Bonchev–Trinajstić information content (AvgIpc) is 2.61. The van der Waals surface area contributed by atoms with Crippen LogP contribution in [0, 0.1) is 6.92 Å². The largest absolute Gasteiger partial charge is 0.419 e. The van der Waals surface area contributed by atoms with E-state index in [1.807, 2.05) is 25.1 Å². The van der Waals surface area contributed by atoms with E-state index in [-0.39, 0.29) is 11.0 Å². The first-order valence-corrected chi connectivity index (χ1v) is 8.74. The van der Waals surface area contributed by atoms with E-state index in [4.69, 9.17) is 9.47 Å². The van der Waals surface area contributed by atoms with Crippen molar-refractivity contribution >= 4 is 39.4 Å². The third-order valence-corrected chi connectivity index (χ3v) is 4.48. The minimum Gasteiger partial charge on any atom is -0.419 e. The van der Waals surface area contributed by atoms with Gasteiger partial charge >= 0.3 is 11.9 Å². The third kappa shape index (κ3) is 3.00. The van der Waals surface area contributed by atoms with Gasteiger partial charge in [-0.1, -0.05) is 17.7 Å². The fourth-order valence-electron chi connectivity index (χ4n) is 3.16. The maximum Gasteiger partial charge on any atom is 0.350 e. The maximum atomic E-state index is 12.9. The number of aromatic nitrogens is 1. The Kier molecular flexibility index (Phi) is 3.96. The van der Waals surface area contributed by atoms with Gasteiger partial charge in [-0.05, 0) is 31.2 Å². The number of aromatic amines is 1. The second kappa shape index (κ2) is 6.23. The van der Waals surface area contributed by atoms with Crippen LogP contribution < -0.4 is 10.7 Å². The lowest BCUT2D eigenvalue weighted by Crippen LogP contribution is -2.42. The minimum atomic E-state index is -1.30. The van der Waals surface area contributed by atoms with Crippen molar-refractivity contribution in [2.75, 3.05) is 5.32 Å². The Hall–Kier alpha value is -3.61. The van der Waals surface area contributed by atoms with E-state index in [0.29, 0.717) is 27.5 Å². The summed E-state index contributed by atoms with van der Waals surface area (Å²) < 4.78 is 10.1. The van der Waals surface area contributed by atoms with Gasteiger partial charge in [0.15, 0.2) is 11.0 Å². The molecule has 1 fully saturated rings. The van der Waals surface area contributed by atoms with Gasteiger partial charge < -0.3 is 19.8 Å². The van der Waals surface area contributed by atoms with Crippen molar-refractivity contribution in [1.82, 2.24) is 4.98 Å². The molecule has 1 aliphatic heterocycles. The van der Waals surface area contributed by atoms with Gasteiger partial charge in [0.2, 0.25) is 0 Å². The van der Waals surface area contributed by atoms with E-state index in [1.54, 1.807) is 18.2 Å². The number of hydrogen-bond donors (Lipinski definition) is 2. The van der Waals surface area contributed by atoms with Crippen molar-refractivity contribution in [1.29, 1.82) is 0 Å². The zero-order chi connectivity index (χ0) is 20.1. The van der Waals surface area contributed by atoms with Gasteiger partial charge in [0.25, 0.3) is 5.79 Å². The zero-order valence-electron chi connectivity index (χ0n) is 15.6. The van der Waals surface area contributed by atoms with E-state index in [0.717, 1.165) is 5.56 Å². The molecule has 0 unspecified atom stereocenters. The lowest BCUT2D eigenvalue weighted by atomic mass is 10.1. The zero-order valence-corrected chi connectivity index (χ0v) is 15.6. The monoisotopic (exact) mass is 378 g/mol. The summed E-state index contributed by atoms with van der Waals surface area (Å²) in [6.07, 6.45) is 1.23. The predicted molar refractivity (Wildman–Crippen MR) is 105 cm³/mol. The number of fused-ring (bicyclic) bond motifs is 2. The second-order valence-corrected chi connectivity index (χ2v) is 7.11. The van der Waals surface area contributed by atoms with Gasteiger partial charge in [-0.2, -0.15) is 0 Å². The number of benzene rings is 2. The van der Waals surface area contributed by atoms with Crippen molar-refractivity contribution in [3.05, 3.63) is 64.0 Å². The van der Waals surface area contributed by atoms with E-state index < -0.39 is 17.7 Å². The fraction of sp³-hybridized carbons (Fsp3) is 0.190. The molecule has 1 aliphatic rings. The van der Waals surface area contributed by atoms with Crippen molar-refractivity contribution in [2.24, 2.45) is 0 Å². The SMILES string of the molecule is Cc1ccc2[nH]c3c(NC=C4C(=O)OC(C)(C)OC4=O)cccc3c(=O)c2c1. The number of H-pyrrole nitrogens is 1. The lowest BCUT2D eigenvalue weighted by Gasteiger charge is -2.29. The van der Waals surface area contributed by atoms with Crippen LogP contribution in [0.5, 0.6) is 0 Å². The van der Waals surface area contributed by atoms with E-state index in [2.05, 4.69) is 10.3 Å². The number of cyclic esters (lactones) is 2. The minimum absolute atomic E-state index is 0.0954. The molecule has 1 aromatic heterocycles. The molecule has 7 heteroatoms. The first-order valence-electron chi connectivity index (χ1n) is 8.74. The summed E-state index contributed by atoms with van der Waals surface area (Å²) in [5, 5.41) is 4.01. The molecule has 1 saturated heterocycles. The summed E-state index contributed by atoms with van der Waals surface area (Å²) in [7, 11) is 0. The molecule has 28 heavy (non-hydrogen) atoms. The Morgan fingerprint density at radius 2 is 1.71 bits per heavy atom. The van der Waals surface area contributed by atoms with E-state index in [1.165, 1.54) is 20.0 Å². The maximum absolute atomic E-state index is 12.9. The van der Waals surface area contributed by atoms with Crippen molar-refractivity contribution in [2.45, 2.75) is 26.6 Å². The van der Waals surface area contributed by atoms with Crippen molar-refractivity contribution in [3.8, 4) is 0 Å². The topological polar surface area (TPSA) is 97.5 Å². The van der Waals surface area contributed by atoms with Crippen LogP contribution >= 0.6 is 0 Å².